The quantitative estimate of drug-likeness (QED) is 0.357. The molecule has 2 aromatic carbocycles. The van der Waals surface area contributed by atoms with Gasteiger partial charge in [0.1, 0.15) is 5.75 Å². The van der Waals surface area contributed by atoms with E-state index in [1.807, 2.05) is 18.3 Å². The van der Waals surface area contributed by atoms with E-state index in [2.05, 4.69) is 66.0 Å². The summed E-state index contributed by atoms with van der Waals surface area (Å²) >= 11 is 7.06. The Balaban J connectivity index is 0.00000256. The minimum absolute atomic E-state index is 0. The topological polar surface area (TPSA) is 24.8 Å². The van der Waals surface area contributed by atoms with Gasteiger partial charge in [-0.2, -0.15) is 0 Å². The van der Waals surface area contributed by atoms with Crippen LogP contribution in [-0.4, -0.2) is 26.4 Å². The van der Waals surface area contributed by atoms with E-state index in [0.717, 1.165) is 25.9 Å². The molecule has 0 unspecified atom stereocenters. The molecule has 1 saturated carbocycles. The minimum atomic E-state index is 0. The molecule has 2 aromatic rings. The molecule has 2 aliphatic rings. The number of methoxy groups -OCH3 is 1. The molecule has 162 valence electrons. The van der Waals surface area contributed by atoms with E-state index >= 15 is 0 Å². The van der Waals surface area contributed by atoms with Gasteiger partial charge >= 0.3 is 0 Å². The first-order valence-corrected chi connectivity index (χ1v) is 12.1. The average molecular weight is 557 g/mol. The van der Waals surface area contributed by atoms with Crippen molar-refractivity contribution in [1.29, 1.82) is 0 Å². The summed E-state index contributed by atoms with van der Waals surface area (Å²) in [5, 5.41) is 0. The van der Waals surface area contributed by atoms with Crippen molar-refractivity contribution >= 4 is 61.9 Å². The zero-order valence-electron chi connectivity index (χ0n) is 17.4. The first-order chi connectivity index (χ1) is 14.1. The highest BCUT2D eigenvalue weighted by Gasteiger charge is 2.35. The smallest absolute Gasteiger partial charge is 0.147 e. The predicted molar refractivity (Wildman–Crippen MR) is 136 cm³/mol. The Morgan fingerprint density at radius 2 is 1.53 bits per heavy atom. The van der Waals surface area contributed by atoms with Crippen molar-refractivity contribution in [2.45, 2.75) is 44.9 Å². The summed E-state index contributed by atoms with van der Waals surface area (Å²) in [4.78, 5) is 7.17. The first-order valence-electron chi connectivity index (χ1n) is 10.5. The molecule has 0 aromatic heterocycles. The number of piperidine rings is 1. The standard InChI is InChI=1S/C24H28Br2N2O.ClH/c1-29-23-21(25)15-19(16-22(23)26)27-17-18-5-7-20(8-6-18)28-13-11-24(12-14-28)9-3-2-4-10-24;/h5-8,15-17H,2-4,9-14H2,1H3;1H. The van der Waals surface area contributed by atoms with Crippen LogP contribution < -0.4 is 9.64 Å². The van der Waals surface area contributed by atoms with Gasteiger partial charge in [0.2, 0.25) is 0 Å². The van der Waals surface area contributed by atoms with Gasteiger partial charge in [-0.25, -0.2) is 0 Å². The van der Waals surface area contributed by atoms with Gasteiger partial charge in [-0.15, -0.1) is 12.4 Å². The molecule has 4 rings (SSSR count). The molecular formula is C24H29Br2ClN2O. The van der Waals surface area contributed by atoms with Gasteiger partial charge in [-0.3, -0.25) is 4.99 Å². The molecule has 1 aliphatic carbocycles. The lowest BCUT2D eigenvalue weighted by molar-refractivity contribution is 0.144. The SMILES string of the molecule is COc1c(Br)cc(N=Cc2ccc(N3CCC4(CCCCC4)CC3)cc2)cc1Br.Cl. The van der Waals surface area contributed by atoms with Crippen molar-refractivity contribution in [3.63, 3.8) is 0 Å². The monoisotopic (exact) mass is 554 g/mol. The van der Waals surface area contributed by atoms with Crippen LogP contribution in [0.3, 0.4) is 0 Å². The summed E-state index contributed by atoms with van der Waals surface area (Å²) in [6, 6.07) is 12.7. The molecule has 1 heterocycles. The van der Waals surface area contributed by atoms with Gasteiger partial charge in [-0.05, 0) is 92.8 Å². The Labute approximate surface area is 203 Å². The largest absolute Gasteiger partial charge is 0.494 e. The maximum absolute atomic E-state index is 5.35. The van der Waals surface area contributed by atoms with E-state index in [1.165, 1.54) is 63.7 Å². The van der Waals surface area contributed by atoms with E-state index in [1.54, 1.807) is 7.11 Å². The zero-order chi connectivity index (χ0) is 20.3. The lowest BCUT2D eigenvalue weighted by Crippen LogP contribution is -2.41. The molecule has 3 nitrogen and oxygen atoms in total. The Morgan fingerprint density at radius 3 is 2.10 bits per heavy atom. The molecule has 0 bridgehead atoms. The lowest BCUT2D eigenvalue weighted by atomic mass is 9.68. The normalized spacial score (nSPS) is 18.4. The number of anilines is 1. The van der Waals surface area contributed by atoms with Crippen LogP contribution in [0.1, 0.15) is 50.5 Å². The van der Waals surface area contributed by atoms with Crippen molar-refractivity contribution in [2.75, 3.05) is 25.1 Å². The van der Waals surface area contributed by atoms with Crippen LogP contribution in [-0.2, 0) is 0 Å². The van der Waals surface area contributed by atoms with E-state index in [9.17, 15) is 0 Å². The molecule has 2 fully saturated rings. The molecule has 0 N–H and O–H groups in total. The highest BCUT2D eigenvalue weighted by molar-refractivity contribution is 9.11. The third kappa shape index (κ3) is 5.41. The summed E-state index contributed by atoms with van der Waals surface area (Å²) < 4.78 is 7.12. The molecular weight excluding hydrogens is 528 g/mol. The molecule has 1 spiro atoms. The number of hydrogen-bond acceptors (Lipinski definition) is 3. The van der Waals surface area contributed by atoms with Crippen LogP contribution in [0, 0.1) is 5.41 Å². The van der Waals surface area contributed by atoms with Crippen LogP contribution in [0.4, 0.5) is 11.4 Å². The number of benzene rings is 2. The Morgan fingerprint density at radius 1 is 0.933 bits per heavy atom. The average Bonchev–Trinajstić information content (AvgIpc) is 2.74. The van der Waals surface area contributed by atoms with Gasteiger partial charge in [0, 0.05) is 25.0 Å². The summed E-state index contributed by atoms with van der Waals surface area (Å²) in [5.41, 5.74) is 3.98. The molecule has 1 saturated heterocycles. The van der Waals surface area contributed by atoms with Crippen molar-refractivity contribution in [3.8, 4) is 5.75 Å². The summed E-state index contributed by atoms with van der Waals surface area (Å²) in [6.07, 6.45) is 11.9. The second kappa shape index (κ2) is 10.5. The molecule has 0 amide bonds. The van der Waals surface area contributed by atoms with Gasteiger partial charge in [0.25, 0.3) is 0 Å². The number of nitrogens with zero attached hydrogens (tertiary/aromatic N) is 2. The van der Waals surface area contributed by atoms with Crippen LogP contribution >= 0.6 is 44.3 Å². The van der Waals surface area contributed by atoms with Crippen LogP contribution in [0.5, 0.6) is 5.75 Å². The summed E-state index contributed by atoms with van der Waals surface area (Å²) in [6.45, 7) is 2.39. The minimum Gasteiger partial charge on any atom is -0.494 e. The molecule has 0 atom stereocenters. The highest BCUT2D eigenvalue weighted by atomic mass is 79.9. The molecule has 30 heavy (non-hydrogen) atoms. The molecule has 0 radical (unpaired) electrons. The number of hydrogen-bond donors (Lipinski definition) is 0. The van der Waals surface area contributed by atoms with Gasteiger partial charge in [-0.1, -0.05) is 31.4 Å². The maximum atomic E-state index is 5.35. The van der Waals surface area contributed by atoms with Crippen LogP contribution in [0.15, 0.2) is 50.3 Å². The van der Waals surface area contributed by atoms with Gasteiger partial charge in [0.15, 0.2) is 0 Å². The third-order valence-corrected chi connectivity index (χ3v) is 7.72. The van der Waals surface area contributed by atoms with Crippen molar-refractivity contribution < 1.29 is 4.74 Å². The fraction of sp³-hybridized carbons (Fsp3) is 0.458. The third-order valence-electron chi connectivity index (χ3n) is 6.55. The summed E-state index contributed by atoms with van der Waals surface area (Å²) in [7, 11) is 1.66. The summed E-state index contributed by atoms with van der Waals surface area (Å²) in [5.74, 6) is 0.782. The van der Waals surface area contributed by atoms with E-state index in [4.69, 9.17) is 4.74 Å². The zero-order valence-corrected chi connectivity index (χ0v) is 21.4. The highest BCUT2D eigenvalue weighted by Crippen LogP contribution is 2.45. The number of halogens is 3. The predicted octanol–water partition coefficient (Wildman–Crippen LogP) is 7.94. The van der Waals surface area contributed by atoms with Gasteiger partial charge in [0.05, 0.1) is 21.7 Å². The second-order valence-electron chi connectivity index (χ2n) is 8.34. The van der Waals surface area contributed by atoms with Crippen LogP contribution in [0.25, 0.3) is 0 Å². The fourth-order valence-electron chi connectivity index (χ4n) is 4.78. The second-order valence-corrected chi connectivity index (χ2v) is 10.0. The van der Waals surface area contributed by atoms with Gasteiger partial charge < -0.3 is 9.64 Å². The Bertz CT molecular complexity index is 846. The number of aliphatic imine (C=N–C) groups is 1. The maximum Gasteiger partial charge on any atom is 0.147 e. The van der Waals surface area contributed by atoms with Crippen molar-refractivity contribution in [3.05, 3.63) is 50.9 Å². The number of rotatable bonds is 4. The van der Waals surface area contributed by atoms with E-state index < -0.39 is 0 Å². The van der Waals surface area contributed by atoms with E-state index in [-0.39, 0.29) is 12.4 Å². The Kier molecular flexibility index (Phi) is 8.28. The lowest BCUT2D eigenvalue weighted by Gasteiger charge is -2.45. The van der Waals surface area contributed by atoms with Crippen LogP contribution in [0.2, 0.25) is 0 Å². The van der Waals surface area contributed by atoms with E-state index in [0.29, 0.717) is 5.41 Å². The molecule has 1 aliphatic heterocycles. The fourth-order valence-corrected chi connectivity index (χ4v) is 6.26. The first kappa shape index (κ1) is 23.6. The molecule has 6 heteroatoms. The van der Waals surface area contributed by atoms with Crippen molar-refractivity contribution in [2.24, 2.45) is 10.4 Å². The Hall–Kier alpha value is -1.04. The number of ether oxygens (including phenoxy) is 1. The van der Waals surface area contributed by atoms with Crippen molar-refractivity contribution in [1.82, 2.24) is 0 Å².